The number of rotatable bonds is 5. The average molecular weight is 272 g/mol. The van der Waals surface area contributed by atoms with Gasteiger partial charge >= 0.3 is 0 Å². The summed E-state index contributed by atoms with van der Waals surface area (Å²) in [5, 5.41) is 2.65. The molecule has 1 rings (SSSR count). The van der Waals surface area contributed by atoms with E-state index < -0.39 is 16.6 Å². The van der Waals surface area contributed by atoms with E-state index in [4.69, 9.17) is 5.73 Å². The molecule has 100 valence electrons. The van der Waals surface area contributed by atoms with Crippen LogP contribution in [-0.2, 0) is 15.6 Å². The van der Waals surface area contributed by atoms with E-state index in [0.717, 1.165) is 6.07 Å². The number of hydrogen-bond donors (Lipinski definition) is 2. The van der Waals surface area contributed by atoms with Crippen LogP contribution in [0.3, 0.4) is 0 Å². The van der Waals surface area contributed by atoms with Gasteiger partial charge in [-0.1, -0.05) is 13.8 Å². The molecule has 18 heavy (non-hydrogen) atoms. The second kappa shape index (κ2) is 6.49. The number of carbonyl (C=O) groups excluding carboxylic acids is 1. The molecule has 1 aromatic rings. The van der Waals surface area contributed by atoms with Crippen LogP contribution in [0.25, 0.3) is 0 Å². The molecule has 0 aliphatic carbocycles. The second-order valence-electron chi connectivity index (χ2n) is 4.37. The lowest BCUT2D eigenvalue weighted by Crippen LogP contribution is -2.31. The van der Waals surface area contributed by atoms with Crippen molar-refractivity contribution in [1.82, 2.24) is 5.32 Å². The molecule has 1 aromatic carbocycles. The highest BCUT2D eigenvalue weighted by molar-refractivity contribution is 7.86. The van der Waals surface area contributed by atoms with Gasteiger partial charge in [-0.15, -0.1) is 0 Å². The Bertz CT molecular complexity index is 463. The third-order valence-corrected chi connectivity index (χ3v) is 3.56. The molecule has 0 aliphatic rings. The Balaban J connectivity index is 2.65. The molecule has 0 aromatic heterocycles. The van der Waals surface area contributed by atoms with E-state index in [1.54, 1.807) is 0 Å². The summed E-state index contributed by atoms with van der Waals surface area (Å²) in [5.41, 5.74) is 5.82. The molecular formula is C12H17FN2O2S. The highest BCUT2D eigenvalue weighted by atomic mass is 32.2. The molecule has 0 fully saturated rings. The molecule has 1 amide bonds. The molecule has 0 spiro atoms. The fourth-order valence-electron chi connectivity index (χ4n) is 1.27. The third kappa shape index (κ3) is 4.44. The molecule has 3 N–H and O–H groups in total. The van der Waals surface area contributed by atoms with Gasteiger partial charge in [0.25, 0.3) is 0 Å². The summed E-state index contributed by atoms with van der Waals surface area (Å²) in [6, 6.07) is 3.63. The van der Waals surface area contributed by atoms with Crippen molar-refractivity contribution in [2.75, 3.05) is 18.0 Å². The first-order chi connectivity index (χ1) is 8.40. The summed E-state index contributed by atoms with van der Waals surface area (Å²) < 4.78 is 24.9. The van der Waals surface area contributed by atoms with Crippen LogP contribution in [0.15, 0.2) is 23.1 Å². The van der Waals surface area contributed by atoms with E-state index in [-0.39, 0.29) is 22.2 Å². The zero-order valence-corrected chi connectivity index (χ0v) is 11.2. The molecule has 0 aliphatic heterocycles. The number of nitrogen functional groups attached to an aromatic ring is 1. The molecule has 0 radical (unpaired) electrons. The predicted octanol–water partition coefficient (Wildman–Crippen LogP) is 1.29. The quantitative estimate of drug-likeness (QED) is 0.793. The third-order valence-electron chi connectivity index (χ3n) is 2.19. The van der Waals surface area contributed by atoms with Crippen LogP contribution in [0, 0.1) is 11.7 Å². The zero-order chi connectivity index (χ0) is 13.7. The molecule has 0 saturated carbocycles. The maximum atomic E-state index is 13.0. The van der Waals surface area contributed by atoms with Crippen molar-refractivity contribution in [3.05, 3.63) is 24.0 Å². The van der Waals surface area contributed by atoms with Gasteiger partial charge in [-0.2, -0.15) is 0 Å². The first kappa shape index (κ1) is 14.6. The number of benzene rings is 1. The predicted molar refractivity (Wildman–Crippen MR) is 69.9 cm³/mol. The number of anilines is 1. The molecule has 1 unspecified atom stereocenters. The summed E-state index contributed by atoms with van der Waals surface area (Å²) in [4.78, 5) is 11.7. The highest BCUT2D eigenvalue weighted by Gasteiger charge is 2.13. The van der Waals surface area contributed by atoms with Gasteiger partial charge < -0.3 is 11.1 Å². The largest absolute Gasteiger partial charge is 0.398 e. The van der Waals surface area contributed by atoms with Gasteiger partial charge in [-0.3, -0.25) is 9.00 Å². The molecule has 6 heteroatoms. The second-order valence-corrected chi connectivity index (χ2v) is 5.79. The Morgan fingerprint density at radius 1 is 1.50 bits per heavy atom. The van der Waals surface area contributed by atoms with Gasteiger partial charge in [0.05, 0.1) is 15.7 Å². The minimum atomic E-state index is -1.63. The number of nitrogens with one attached hydrogen (secondary N) is 1. The molecule has 0 saturated heterocycles. The standard InChI is InChI=1S/C12H17FN2O2S/c1-8(2)6-15-12(16)7-18(17)11-5-9(13)3-4-10(11)14/h3-5,8H,6-7,14H2,1-2H3,(H,15,16). The van der Waals surface area contributed by atoms with Gasteiger partial charge in [-0.05, 0) is 24.1 Å². The van der Waals surface area contributed by atoms with E-state index in [2.05, 4.69) is 5.32 Å². The van der Waals surface area contributed by atoms with Crippen LogP contribution in [-0.4, -0.2) is 22.4 Å². The van der Waals surface area contributed by atoms with E-state index in [9.17, 15) is 13.4 Å². The van der Waals surface area contributed by atoms with Crippen LogP contribution in [0.4, 0.5) is 10.1 Å². The minimum Gasteiger partial charge on any atom is -0.398 e. The molecular weight excluding hydrogens is 255 g/mol. The average Bonchev–Trinajstić information content (AvgIpc) is 2.29. The topological polar surface area (TPSA) is 72.2 Å². The molecule has 4 nitrogen and oxygen atoms in total. The van der Waals surface area contributed by atoms with Gasteiger partial charge in [0, 0.05) is 12.2 Å². The van der Waals surface area contributed by atoms with Gasteiger partial charge in [0.2, 0.25) is 5.91 Å². The van der Waals surface area contributed by atoms with Gasteiger partial charge in [-0.25, -0.2) is 4.39 Å². The number of hydrogen-bond acceptors (Lipinski definition) is 3. The van der Waals surface area contributed by atoms with Crippen molar-refractivity contribution in [3.8, 4) is 0 Å². The lowest BCUT2D eigenvalue weighted by molar-refractivity contribution is -0.118. The Morgan fingerprint density at radius 3 is 2.78 bits per heavy atom. The Labute approximate surface area is 108 Å². The van der Waals surface area contributed by atoms with Crippen molar-refractivity contribution in [2.45, 2.75) is 18.7 Å². The molecule has 0 bridgehead atoms. The SMILES string of the molecule is CC(C)CNC(=O)CS(=O)c1cc(F)ccc1N. The summed E-state index contributed by atoms with van der Waals surface area (Å²) in [6.45, 7) is 4.44. The van der Waals surface area contributed by atoms with E-state index in [1.807, 2.05) is 13.8 Å². The number of amides is 1. The zero-order valence-electron chi connectivity index (χ0n) is 10.4. The summed E-state index contributed by atoms with van der Waals surface area (Å²) in [5.74, 6) is -0.733. The summed E-state index contributed by atoms with van der Waals surface area (Å²) in [7, 11) is -1.63. The Hall–Kier alpha value is -1.43. The maximum absolute atomic E-state index is 13.0. The van der Waals surface area contributed by atoms with Crippen LogP contribution in [0.1, 0.15) is 13.8 Å². The fraction of sp³-hybridized carbons (Fsp3) is 0.417. The van der Waals surface area contributed by atoms with Crippen LogP contribution >= 0.6 is 0 Å². The lowest BCUT2D eigenvalue weighted by Gasteiger charge is -2.08. The summed E-state index contributed by atoms with van der Waals surface area (Å²) >= 11 is 0. The number of nitrogens with two attached hydrogens (primary N) is 1. The maximum Gasteiger partial charge on any atom is 0.233 e. The van der Waals surface area contributed by atoms with Gasteiger partial charge in [0.15, 0.2) is 0 Å². The first-order valence-corrected chi connectivity index (χ1v) is 6.92. The van der Waals surface area contributed by atoms with Crippen molar-refractivity contribution in [3.63, 3.8) is 0 Å². The Morgan fingerprint density at radius 2 is 2.17 bits per heavy atom. The van der Waals surface area contributed by atoms with Gasteiger partial charge in [0.1, 0.15) is 11.6 Å². The van der Waals surface area contributed by atoms with Crippen molar-refractivity contribution >= 4 is 22.4 Å². The molecule has 1 atom stereocenters. The lowest BCUT2D eigenvalue weighted by atomic mass is 10.2. The van der Waals surface area contributed by atoms with Crippen molar-refractivity contribution < 1.29 is 13.4 Å². The van der Waals surface area contributed by atoms with Crippen LogP contribution in [0.5, 0.6) is 0 Å². The number of halogens is 1. The van der Waals surface area contributed by atoms with E-state index in [0.29, 0.717) is 12.5 Å². The van der Waals surface area contributed by atoms with Crippen molar-refractivity contribution in [2.24, 2.45) is 5.92 Å². The highest BCUT2D eigenvalue weighted by Crippen LogP contribution is 2.17. The van der Waals surface area contributed by atoms with Crippen LogP contribution in [0.2, 0.25) is 0 Å². The van der Waals surface area contributed by atoms with E-state index >= 15 is 0 Å². The Kier molecular flexibility index (Phi) is 5.27. The van der Waals surface area contributed by atoms with Crippen molar-refractivity contribution in [1.29, 1.82) is 0 Å². The monoisotopic (exact) mass is 272 g/mol. The minimum absolute atomic E-state index is 0.162. The summed E-state index contributed by atoms with van der Waals surface area (Å²) in [6.07, 6.45) is 0. The van der Waals surface area contributed by atoms with E-state index in [1.165, 1.54) is 12.1 Å². The smallest absolute Gasteiger partial charge is 0.233 e. The molecule has 0 heterocycles. The first-order valence-electron chi connectivity index (χ1n) is 5.60. The normalized spacial score (nSPS) is 12.4. The fourth-order valence-corrected chi connectivity index (χ4v) is 2.34. The van der Waals surface area contributed by atoms with Crippen LogP contribution < -0.4 is 11.1 Å². The number of carbonyl (C=O) groups is 1.